The van der Waals surface area contributed by atoms with Crippen LogP contribution in [0.4, 0.5) is 19.1 Å². The van der Waals surface area contributed by atoms with Crippen molar-refractivity contribution in [3.63, 3.8) is 0 Å². The number of benzene rings is 2. The molecule has 10 heteroatoms. The number of carboxylic acids is 1. The fourth-order valence-electron chi connectivity index (χ4n) is 4.05. The second kappa shape index (κ2) is 9.38. The number of pyridine rings is 1. The smallest absolute Gasteiger partial charge is 0.416 e. The standard InChI is InChI=1S/C27H20F3N5O2/c1-16(17-6-3-2-4-7-17)32-26-31-12-10-21(33-26)24-23(18-8-5-9-20(14-18)27(28,29)30)34-22-15-19(25(36)37)11-13-35(22)24/h2-16H,1H3,(H,36,37)(H,31,32,33)/t16-/m0/s1. The number of carbonyl (C=O) groups is 1. The van der Waals surface area contributed by atoms with Crippen molar-refractivity contribution in [1.29, 1.82) is 0 Å². The Bertz CT molecular complexity index is 1600. The Kier molecular flexibility index (Phi) is 6.08. The number of carboxylic acid groups (broad SMARTS) is 1. The molecule has 1 atom stereocenters. The summed E-state index contributed by atoms with van der Waals surface area (Å²) in [5.74, 6) is -0.822. The first-order chi connectivity index (χ1) is 17.7. The molecule has 0 amide bonds. The highest BCUT2D eigenvalue weighted by Gasteiger charge is 2.31. The molecule has 3 heterocycles. The highest BCUT2D eigenvalue weighted by Crippen LogP contribution is 2.36. The van der Waals surface area contributed by atoms with Gasteiger partial charge in [-0.1, -0.05) is 42.5 Å². The first-order valence-electron chi connectivity index (χ1n) is 11.3. The first-order valence-corrected chi connectivity index (χ1v) is 11.3. The largest absolute Gasteiger partial charge is 0.478 e. The van der Waals surface area contributed by atoms with E-state index in [1.807, 2.05) is 37.3 Å². The molecule has 7 nitrogen and oxygen atoms in total. The number of aromatic carboxylic acids is 1. The summed E-state index contributed by atoms with van der Waals surface area (Å²) in [7, 11) is 0. The lowest BCUT2D eigenvalue weighted by Crippen LogP contribution is -2.09. The Morgan fingerprint density at radius 2 is 1.78 bits per heavy atom. The van der Waals surface area contributed by atoms with E-state index in [0.29, 0.717) is 17.3 Å². The Morgan fingerprint density at radius 3 is 2.51 bits per heavy atom. The number of anilines is 1. The van der Waals surface area contributed by atoms with Gasteiger partial charge in [-0.05, 0) is 42.8 Å². The number of imidazole rings is 1. The molecule has 0 saturated heterocycles. The lowest BCUT2D eigenvalue weighted by Gasteiger charge is -2.15. The third-order valence-electron chi connectivity index (χ3n) is 5.88. The van der Waals surface area contributed by atoms with E-state index in [0.717, 1.165) is 17.7 Å². The summed E-state index contributed by atoms with van der Waals surface area (Å²) < 4.78 is 41.9. The molecule has 5 rings (SSSR count). The number of aromatic nitrogens is 4. The number of nitrogens with zero attached hydrogens (tertiary/aromatic N) is 4. The van der Waals surface area contributed by atoms with Crippen molar-refractivity contribution in [2.45, 2.75) is 19.1 Å². The van der Waals surface area contributed by atoms with E-state index in [-0.39, 0.29) is 28.5 Å². The molecule has 37 heavy (non-hydrogen) atoms. The second-order valence-electron chi connectivity index (χ2n) is 8.38. The minimum atomic E-state index is -4.54. The number of rotatable bonds is 6. The predicted molar refractivity (Wildman–Crippen MR) is 132 cm³/mol. The quantitative estimate of drug-likeness (QED) is 0.281. The van der Waals surface area contributed by atoms with Gasteiger partial charge in [-0.3, -0.25) is 4.40 Å². The SMILES string of the molecule is C[C@H](Nc1nccc(-c2c(-c3cccc(C(F)(F)F)c3)nc3cc(C(=O)O)ccn23)n1)c1ccccc1. The van der Waals surface area contributed by atoms with E-state index >= 15 is 0 Å². The maximum atomic E-state index is 13.4. The van der Waals surface area contributed by atoms with E-state index < -0.39 is 17.7 Å². The molecular weight excluding hydrogens is 483 g/mol. The van der Waals surface area contributed by atoms with Gasteiger partial charge in [0.1, 0.15) is 5.65 Å². The molecule has 0 unspecified atom stereocenters. The number of nitrogens with one attached hydrogen (secondary N) is 1. The van der Waals surface area contributed by atoms with Gasteiger partial charge in [-0.25, -0.2) is 19.7 Å². The highest BCUT2D eigenvalue weighted by atomic mass is 19.4. The van der Waals surface area contributed by atoms with Crippen LogP contribution in [0.25, 0.3) is 28.3 Å². The number of hydrogen-bond donors (Lipinski definition) is 2. The molecule has 0 aliphatic heterocycles. The number of halogens is 3. The average Bonchev–Trinajstić information content (AvgIpc) is 3.28. The molecule has 0 radical (unpaired) electrons. The fraction of sp³-hybridized carbons (Fsp3) is 0.111. The van der Waals surface area contributed by atoms with Gasteiger partial charge < -0.3 is 10.4 Å². The molecule has 3 aromatic heterocycles. The number of alkyl halides is 3. The summed E-state index contributed by atoms with van der Waals surface area (Å²) in [5.41, 5.74) is 1.72. The Balaban J connectivity index is 1.65. The van der Waals surface area contributed by atoms with E-state index in [1.165, 1.54) is 30.5 Å². The molecule has 2 N–H and O–H groups in total. The maximum Gasteiger partial charge on any atom is 0.416 e. The summed E-state index contributed by atoms with van der Waals surface area (Å²) in [6.07, 6.45) is -1.48. The zero-order valence-electron chi connectivity index (χ0n) is 19.4. The van der Waals surface area contributed by atoms with Crippen molar-refractivity contribution < 1.29 is 23.1 Å². The van der Waals surface area contributed by atoms with Crippen LogP contribution in [0.1, 0.15) is 34.5 Å². The normalized spacial score (nSPS) is 12.4. The van der Waals surface area contributed by atoms with E-state index in [2.05, 4.69) is 20.3 Å². The van der Waals surface area contributed by atoms with Gasteiger partial charge in [-0.15, -0.1) is 0 Å². The van der Waals surface area contributed by atoms with Crippen molar-refractivity contribution >= 4 is 17.6 Å². The van der Waals surface area contributed by atoms with Crippen LogP contribution in [0.2, 0.25) is 0 Å². The molecule has 0 saturated carbocycles. The van der Waals surface area contributed by atoms with Gasteiger partial charge in [0, 0.05) is 18.0 Å². The van der Waals surface area contributed by atoms with Gasteiger partial charge in [-0.2, -0.15) is 13.2 Å². The highest BCUT2D eigenvalue weighted by molar-refractivity contribution is 5.90. The predicted octanol–water partition coefficient (Wildman–Crippen LogP) is 6.35. The van der Waals surface area contributed by atoms with Crippen molar-refractivity contribution in [3.05, 3.63) is 102 Å². The number of fused-ring (bicyclic) bond motifs is 1. The second-order valence-corrected chi connectivity index (χ2v) is 8.38. The maximum absolute atomic E-state index is 13.4. The van der Waals surface area contributed by atoms with Crippen molar-refractivity contribution in [2.75, 3.05) is 5.32 Å². The Morgan fingerprint density at radius 1 is 1.00 bits per heavy atom. The van der Waals surface area contributed by atoms with Crippen LogP contribution in [0.15, 0.2) is 85.2 Å². The lowest BCUT2D eigenvalue weighted by atomic mass is 10.0. The molecule has 5 aromatic rings. The molecule has 0 spiro atoms. The van der Waals surface area contributed by atoms with E-state index in [1.54, 1.807) is 16.7 Å². The lowest BCUT2D eigenvalue weighted by molar-refractivity contribution is -0.137. The van der Waals surface area contributed by atoms with Gasteiger partial charge in [0.25, 0.3) is 0 Å². The monoisotopic (exact) mass is 503 g/mol. The summed E-state index contributed by atoms with van der Waals surface area (Å²) in [6.45, 7) is 1.96. The molecule has 0 bridgehead atoms. The van der Waals surface area contributed by atoms with Crippen LogP contribution in [0.5, 0.6) is 0 Å². The molecule has 0 aliphatic carbocycles. The van der Waals surface area contributed by atoms with Crippen molar-refractivity contribution in [1.82, 2.24) is 19.4 Å². The first kappa shape index (κ1) is 24.0. The molecule has 0 aliphatic rings. The zero-order chi connectivity index (χ0) is 26.2. The van der Waals surface area contributed by atoms with Crippen LogP contribution in [-0.2, 0) is 6.18 Å². The summed E-state index contributed by atoms with van der Waals surface area (Å²) in [5, 5.41) is 12.6. The molecule has 186 valence electrons. The van der Waals surface area contributed by atoms with Crippen molar-refractivity contribution in [3.8, 4) is 22.6 Å². The topological polar surface area (TPSA) is 92.4 Å². The Labute approximate surface area is 209 Å². The summed E-state index contributed by atoms with van der Waals surface area (Å²) in [4.78, 5) is 24.9. The molecule has 2 aromatic carbocycles. The summed E-state index contributed by atoms with van der Waals surface area (Å²) in [6, 6.07) is 18.8. The van der Waals surface area contributed by atoms with Crippen LogP contribution in [0.3, 0.4) is 0 Å². The third-order valence-corrected chi connectivity index (χ3v) is 5.88. The van der Waals surface area contributed by atoms with Gasteiger partial charge in [0.05, 0.1) is 34.3 Å². The minimum absolute atomic E-state index is 0.00127. The van der Waals surface area contributed by atoms with Gasteiger partial charge in [0.15, 0.2) is 0 Å². The van der Waals surface area contributed by atoms with Crippen LogP contribution >= 0.6 is 0 Å². The van der Waals surface area contributed by atoms with Gasteiger partial charge in [0.2, 0.25) is 5.95 Å². The van der Waals surface area contributed by atoms with Crippen molar-refractivity contribution in [2.24, 2.45) is 0 Å². The fourth-order valence-corrected chi connectivity index (χ4v) is 4.05. The third kappa shape index (κ3) is 4.86. The van der Waals surface area contributed by atoms with Crippen LogP contribution < -0.4 is 5.32 Å². The molecular formula is C27H20F3N5O2. The van der Waals surface area contributed by atoms with Crippen LogP contribution in [0, 0.1) is 0 Å². The van der Waals surface area contributed by atoms with E-state index in [9.17, 15) is 23.1 Å². The summed E-state index contributed by atoms with van der Waals surface area (Å²) >= 11 is 0. The van der Waals surface area contributed by atoms with Crippen LogP contribution in [-0.4, -0.2) is 30.4 Å². The minimum Gasteiger partial charge on any atom is -0.478 e. The average molecular weight is 503 g/mol. The molecule has 0 fully saturated rings. The Hall–Kier alpha value is -4.73. The van der Waals surface area contributed by atoms with Gasteiger partial charge >= 0.3 is 12.1 Å². The zero-order valence-corrected chi connectivity index (χ0v) is 19.4. The number of hydrogen-bond acceptors (Lipinski definition) is 5. The van der Waals surface area contributed by atoms with E-state index in [4.69, 9.17) is 0 Å².